The highest BCUT2D eigenvalue weighted by atomic mass is 19.2. The molecule has 0 saturated carbocycles. The minimum atomic E-state index is -1.67. The summed E-state index contributed by atoms with van der Waals surface area (Å²) >= 11 is 0. The van der Waals surface area contributed by atoms with E-state index >= 15 is 0 Å². The molecule has 0 aliphatic rings. The summed E-state index contributed by atoms with van der Waals surface area (Å²) in [5, 5.41) is 0. The molecule has 100 valence electrons. The number of aryl methyl sites for hydroxylation is 1. The van der Waals surface area contributed by atoms with Crippen molar-refractivity contribution in [1.82, 2.24) is 0 Å². The lowest BCUT2D eigenvalue weighted by molar-refractivity contribution is 0.447. The molecule has 0 aliphatic carbocycles. The van der Waals surface area contributed by atoms with Gasteiger partial charge in [0.05, 0.1) is 5.56 Å². The first-order valence-corrected chi connectivity index (χ1v) is 5.56. The lowest BCUT2D eigenvalue weighted by Crippen LogP contribution is -1.97. The van der Waals surface area contributed by atoms with Gasteiger partial charge in [-0.25, -0.2) is 22.0 Å². The molecule has 0 N–H and O–H groups in total. The van der Waals surface area contributed by atoms with E-state index in [-0.39, 0.29) is 5.56 Å². The molecule has 2 aromatic carbocycles. The maximum Gasteiger partial charge on any atom is 0.194 e. The van der Waals surface area contributed by atoms with Gasteiger partial charge in [-0.15, -0.1) is 0 Å². The minimum absolute atomic E-state index is 0.381. The first-order valence-electron chi connectivity index (χ1n) is 5.56. The molecule has 2 aromatic rings. The van der Waals surface area contributed by atoms with Gasteiger partial charge in [-0.1, -0.05) is 6.92 Å². The topological polar surface area (TPSA) is 0 Å². The van der Waals surface area contributed by atoms with Crippen molar-refractivity contribution in [1.29, 1.82) is 0 Å². The summed E-state index contributed by atoms with van der Waals surface area (Å²) in [6, 6.07) is 3.28. The highest BCUT2D eigenvalue weighted by Gasteiger charge is 2.17. The van der Waals surface area contributed by atoms with Crippen molar-refractivity contribution < 1.29 is 22.0 Å². The van der Waals surface area contributed by atoms with Gasteiger partial charge >= 0.3 is 0 Å². The van der Waals surface area contributed by atoms with Crippen LogP contribution < -0.4 is 0 Å². The van der Waals surface area contributed by atoms with Crippen LogP contribution in [0.4, 0.5) is 22.0 Å². The van der Waals surface area contributed by atoms with Crippen LogP contribution >= 0.6 is 0 Å². The van der Waals surface area contributed by atoms with Crippen LogP contribution in [0.3, 0.4) is 0 Å². The van der Waals surface area contributed by atoms with Gasteiger partial charge < -0.3 is 0 Å². The molecule has 5 heteroatoms. The van der Waals surface area contributed by atoms with Gasteiger partial charge in [0.15, 0.2) is 17.5 Å². The van der Waals surface area contributed by atoms with Crippen molar-refractivity contribution in [2.75, 3.05) is 0 Å². The number of hydrogen-bond acceptors (Lipinski definition) is 0. The second-order valence-electron chi connectivity index (χ2n) is 4.04. The van der Waals surface area contributed by atoms with Crippen molar-refractivity contribution in [3.8, 4) is 11.1 Å². The molecule has 19 heavy (non-hydrogen) atoms. The Morgan fingerprint density at radius 1 is 0.737 bits per heavy atom. The van der Waals surface area contributed by atoms with Gasteiger partial charge in [0.2, 0.25) is 0 Å². The highest BCUT2D eigenvalue weighted by molar-refractivity contribution is 5.65. The Labute approximate surface area is 106 Å². The minimum Gasteiger partial charge on any atom is -0.206 e. The van der Waals surface area contributed by atoms with Gasteiger partial charge in [-0.3, -0.25) is 0 Å². The summed E-state index contributed by atoms with van der Waals surface area (Å²) in [7, 11) is 0. The fourth-order valence-corrected chi connectivity index (χ4v) is 1.81. The monoisotopic (exact) mass is 272 g/mol. The van der Waals surface area contributed by atoms with E-state index in [0.29, 0.717) is 24.1 Å². The van der Waals surface area contributed by atoms with Gasteiger partial charge in [0, 0.05) is 0 Å². The highest BCUT2D eigenvalue weighted by Crippen LogP contribution is 2.29. The fourth-order valence-electron chi connectivity index (χ4n) is 1.81. The van der Waals surface area contributed by atoms with Crippen LogP contribution in [0, 0.1) is 29.1 Å². The van der Waals surface area contributed by atoms with E-state index in [9.17, 15) is 22.0 Å². The third-order valence-corrected chi connectivity index (χ3v) is 2.78. The summed E-state index contributed by atoms with van der Waals surface area (Å²) in [6.07, 6.45) is 0.417. The van der Waals surface area contributed by atoms with E-state index in [0.717, 1.165) is 12.1 Å². The van der Waals surface area contributed by atoms with Crippen LogP contribution in [-0.2, 0) is 6.42 Å². The largest absolute Gasteiger partial charge is 0.206 e. The fraction of sp³-hybridized carbons (Fsp3) is 0.143. The van der Waals surface area contributed by atoms with E-state index < -0.39 is 34.6 Å². The number of hydrogen-bond donors (Lipinski definition) is 0. The second kappa shape index (κ2) is 4.99. The molecule has 0 radical (unpaired) electrons. The Bertz CT molecular complexity index is 588. The molecule has 0 amide bonds. The van der Waals surface area contributed by atoms with Crippen LogP contribution in [0.2, 0.25) is 0 Å². The van der Waals surface area contributed by atoms with E-state index in [4.69, 9.17) is 0 Å². The van der Waals surface area contributed by atoms with Crippen LogP contribution in [0.15, 0.2) is 24.3 Å². The quantitative estimate of drug-likeness (QED) is 0.553. The lowest BCUT2D eigenvalue weighted by atomic mass is 10.0. The van der Waals surface area contributed by atoms with Crippen molar-refractivity contribution in [2.24, 2.45) is 0 Å². The molecular formula is C14H9F5. The van der Waals surface area contributed by atoms with E-state index in [1.165, 1.54) is 0 Å². The van der Waals surface area contributed by atoms with E-state index in [2.05, 4.69) is 0 Å². The van der Waals surface area contributed by atoms with Gasteiger partial charge in [0.1, 0.15) is 11.6 Å². The molecule has 0 atom stereocenters. The second-order valence-corrected chi connectivity index (χ2v) is 4.04. The first kappa shape index (κ1) is 13.5. The number of benzene rings is 2. The van der Waals surface area contributed by atoms with Crippen molar-refractivity contribution >= 4 is 0 Å². The predicted molar refractivity (Wildman–Crippen MR) is 61.0 cm³/mol. The molecule has 0 unspecified atom stereocenters. The molecule has 0 fully saturated rings. The van der Waals surface area contributed by atoms with Crippen molar-refractivity contribution in [2.45, 2.75) is 13.3 Å². The zero-order valence-corrected chi connectivity index (χ0v) is 9.91. The van der Waals surface area contributed by atoms with Gasteiger partial charge in [0.25, 0.3) is 0 Å². The third kappa shape index (κ3) is 2.45. The standard InChI is InChI=1S/C14H9F5/c1-2-7-3-9(15)13(10(16)4-7)8-5-11(17)14(19)12(18)6-8/h3-6H,2H2,1H3. The lowest BCUT2D eigenvalue weighted by Gasteiger charge is -2.08. The third-order valence-electron chi connectivity index (χ3n) is 2.78. The molecule has 2 rings (SSSR count). The molecule has 0 heterocycles. The maximum atomic E-state index is 13.8. The SMILES string of the molecule is CCc1cc(F)c(-c2cc(F)c(F)c(F)c2)c(F)c1. The van der Waals surface area contributed by atoms with Crippen LogP contribution in [-0.4, -0.2) is 0 Å². The normalized spacial score (nSPS) is 10.8. The Morgan fingerprint density at radius 3 is 1.63 bits per heavy atom. The molecule has 0 nitrogen and oxygen atoms in total. The Kier molecular flexibility index (Phi) is 3.55. The molecule has 0 bridgehead atoms. The van der Waals surface area contributed by atoms with E-state index in [1.54, 1.807) is 6.92 Å². The summed E-state index contributed by atoms with van der Waals surface area (Å²) < 4.78 is 66.5. The zero-order chi connectivity index (χ0) is 14.2. The summed E-state index contributed by atoms with van der Waals surface area (Å²) in [5.41, 5.74) is -0.536. The average molecular weight is 272 g/mol. The molecule has 0 spiro atoms. The molecule has 0 saturated heterocycles. The predicted octanol–water partition coefficient (Wildman–Crippen LogP) is 4.61. The van der Waals surface area contributed by atoms with Crippen LogP contribution in [0.5, 0.6) is 0 Å². The Hall–Kier alpha value is -1.91. The van der Waals surface area contributed by atoms with Gasteiger partial charge in [-0.2, -0.15) is 0 Å². The molecule has 0 aliphatic heterocycles. The smallest absolute Gasteiger partial charge is 0.194 e. The zero-order valence-electron chi connectivity index (χ0n) is 9.91. The van der Waals surface area contributed by atoms with Gasteiger partial charge in [-0.05, 0) is 41.8 Å². The average Bonchev–Trinajstić information content (AvgIpc) is 2.34. The molecule has 0 aromatic heterocycles. The maximum absolute atomic E-state index is 13.8. The summed E-state index contributed by atoms with van der Waals surface area (Å²) in [4.78, 5) is 0. The van der Waals surface area contributed by atoms with Crippen LogP contribution in [0.25, 0.3) is 11.1 Å². The van der Waals surface area contributed by atoms with E-state index in [1.807, 2.05) is 0 Å². The number of rotatable bonds is 2. The summed E-state index contributed by atoms with van der Waals surface area (Å²) in [6.45, 7) is 1.71. The number of halogens is 5. The van der Waals surface area contributed by atoms with Crippen molar-refractivity contribution in [3.05, 3.63) is 58.9 Å². The van der Waals surface area contributed by atoms with Crippen molar-refractivity contribution in [3.63, 3.8) is 0 Å². The Balaban J connectivity index is 2.66. The summed E-state index contributed by atoms with van der Waals surface area (Å²) in [5.74, 6) is -6.54. The molecular weight excluding hydrogens is 263 g/mol. The Morgan fingerprint density at radius 2 is 1.21 bits per heavy atom. The van der Waals surface area contributed by atoms with Crippen LogP contribution in [0.1, 0.15) is 12.5 Å². The first-order chi connectivity index (χ1) is 8.93.